The van der Waals surface area contributed by atoms with Crippen molar-refractivity contribution in [3.8, 4) is 0 Å². The van der Waals surface area contributed by atoms with Crippen LogP contribution in [0.15, 0.2) is 12.2 Å². The van der Waals surface area contributed by atoms with Gasteiger partial charge in [-0.2, -0.15) is 0 Å². The second-order valence-electron chi connectivity index (χ2n) is 13.7. The van der Waals surface area contributed by atoms with Crippen LogP contribution >= 0.6 is 0 Å². The standard InChI is InChI=1S/C17H25N5O9.C14H24N2O3.2C3H8/c1-29-14(26)8-20-16(28)17-22-13(25)7-18-12(24)6-19-15(27)11(21-10-23)9-30-4-2-3-5-31-17;1-14(2,3)19-13(18)16-10-6-7-11(16)12(17)15-8-4-5-9-15;2*1-3-2/h2-3,10-11,17H,4-9H2,1H3,(H,18,24)(H,19,27)(H,20,28)(H,21,23)(H,22,25);11H,4-10H2,1-3H3;2*3H2,1-2H3/b3-2+;;;/t11?,17-;;;/m0.../s1. The van der Waals surface area contributed by atoms with Crippen LogP contribution in [-0.4, -0.2) is 148 Å². The van der Waals surface area contributed by atoms with Gasteiger partial charge in [0.25, 0.3) is 5.91 Å². The van der Waals surface area contributed by atoms with Crippen molar-refractivity contribution in [2.45, 2.75) is 111 Å². The number of carbonyl (C=O) groups is 8. The van der Waals surface area contributed by atoms with Crippen molar-refractivity contribution in [2.24, 2.45) is 0 Å². The quantitative estimate of drug-likeness (QED) is 0.140. The Morgan fingerprint density at radius 3 is 2.11 bits per heavy atom. The molecule has 3 aliphatic rings. The predicted octanol–water partition coefficient (Wildman–Crippen LogP) is 0.509. The molecule has 0 aliphatic carbocycles. The summed E-state index contributed by atoms with van der Waals surface area (Å²) < 4.78 is 20.4. The topological polar surface area (TPSA) is 240 Å². The lowest BCUT2D eigenvalue weighted by Crippen LogP contribution is -2.52. The van der Waals surface area contributed by atoms with Crippen molar-refractivity contribution in [3.63, 3.8) is 0 Å². The summed E-state index contributed by atoms with van der Waals surface area (Å²) in [5.74, 6) is -3.49. The Hall–Kier alpha value is -4.78. The number of likely N-dealkylation sites (tertiary alicyclic amines) is 2. The van der Waals surface area contributed by atoms with Crippen molar-refractivity contribution in [1.29, 1.82) is 0 Å². The molecule has 2 unspecified atom stereocenters. The molecule has 0 saturated carbocycles. The number of ether oxygens (including phenoxy) is 4. The molecule has 320 valence electrons. The zero-order valence-corrected chi connectivity index (χ0v) is 34.4. The van der Waals surface area contributed by atoms with Crippen LogP contribution < -0.4 is 26.6 Å². The number of carbonyl (C=O) groups excluding carboxylic acids is 8. The average Bonchev–Trinajstić information content (AvgIpc) is 3.87. The summed E-state index contributed by atoms with van der Waals surface area (Å²) in [6, 6.07) is -1.33. The van der Waals surface area contributed by atoms with Crippen LogP contribution in [0.5, 0.6) is 0 Å². The summed E-state index contributed by atoms with van der Waals surface area (Å²) in [7, 11) is 1.15. The van der Waals surface area contributed by atoms with Gasteiger partial charge in [0.15, 0.2) is 0 Å². The highest BCUT2D eigenvalue weighted by molar-refractivity contribution is 5.92. The largest absolute Gasteiger partial charge is 0.468 e. The van der Waals surface area contributed by atoms with Crippen LogP contribution in [0.25, 0.3) is 0 Å². The number of amides is 7. The Morgan fingerprint density at radius 2 is 1.52 bits per heavy atom. The molecule has 3 rings (SSSR count). The van der Waals surface area contributed by atoms with Gasteiger partial charge in [-0.05, 0) is 46.5 Å². The monoisotopic (exact) mass is 799 g/mol. The Balaban J connectivity index is 0.00000102. The highest BCUT2D eigenvalue weighted by Crippen LogP contribution is 2.24. The van der Waals surface area contributed by atoms with E-state index in [4.69, 9.17) is 14.2 Å². The summed E-state index contributed by atoms with van der Waals surface area (Å²) in [5.41, 5.74) is -0.513. The first-order chi connectivity index (χ1) is 26.6. The number of nitrogens with one attached hydrogen (secondary N) is 5. The molecule has 0 radical (unpaired) electrons. The van der Waals surface area contributed by atoms with E-state index in [1.54, 1.807) is 4.90 Å². The zero-order valence-electron chi connectivity index (χ0n) is 34.4. The van der Waals surface area contributed by atoms with Gasteiger partial charge in [-0.3, -0.25) is 38.5 Å². The van der Waals surface area contributed by atoms with Gasteiger partial charge in [0.1, 0.15) is 24.2 Å². The minimum Gasteiger partial charge on any atom is -0.468 e. The lowest BCUT2D eigenvalue weighted by molar-refractivity contribution is -0.144. The fourth-order valence-corrected chi connectivity index (χ4v) is 4.77. The number of hydrogen-bond donors (Lipinski definition) is 5. The molecule has 0 spiro atoms. The third-order valence-electron chi connectivity index (χ3n) is 7.23. The number of nitrogens with zero attached hydrogens (tertiary/aromatic N) is 2. The normalized spacial score (nSPS) is 21.2. The second kappa shape index (κ2) is 29.5. The molecule has 0 aromatic carbocycles. The van der Waals surface area contributed by atoms with Crippen molar-refractivity contribution >= 4 is 48.0 Å². The van der Waals surface area contributed by atoms with Crippen LogP contribution in [0.4, 0.5) is 4.79 Å². The molecule has 0 aromatic rings. The molecular weight excluding hydrogens is 734 g/mol. The molecule has 3 aliphatic heterocycles. The van der Waals surface area contributed by atoms with Crippen molar-refractivity contribution < 1.29 is 57.3 Å². The second-order valence-corrected chi connectivity index (χ2v) is 13.7. The van der Waals surface area contributed by atoms with E-state index in [1.807, 2.05) is 25.7 Å². The smallest absolute Gasteiger partial charge is 0.410 e. The number of hydrogen-bond acceptors (Lipinski definition) is 12. The van der Waals surface area contributed by atoms with E-state index < -0.39 is 67.1 Å². The minimum atomic E-state index is -1.45. The van der Waals surface area contributed by atoms with E-state index in [0.29, 0.717) is 13.0 Å². The fourth-order valence-electron chi connectivity index (χ4n) is 4.77. The maximum Gasteiger partial charge on any atom is 0.410 e. The molecule has 2 fully saturated rings. The molecule has 3 atom stereocenters. The molecule has 19 nitrogen and oxygen atoms in total. The first-order valence-electron chi connectivity index (χ1n) is 19.1. The van der Waals surface area contributed by atoms with Crippen LogP contribution in [-0.2, 0) is 52.5 Å². The van der Waals surface area contributed by atoms with E-state index in [0.717, 1.165) is 45.9 Å². The van der Waals surface area contributed by atoms with Gasteiger partial charge in [0.05, 0.1) is 40.0 Å². The van der Waals surface area contributed by atoms with Crippen molar-refractivity contribution in [2.75, 3.05) is 66.2 Å². The van der Waals surface area contributed by atoms with Gasteiger partial charge in [-0.15, -0.1) is 0 Å². The predicted molar refractivity (Wildman–Crippen MR) is 206 cm³/mol. The Bertz CT molecular complexity index is 1270. The third kappa shape index (κ3) is 22.6. The summed E-state index contributed by atoms with van der Waals surface area (Å²) in [6.07, 6.45) is 7.83. The SMILES string of the molecule is CC(C)(C)OC(=O)N1CCCC1C(=O)N1CCCC1.CCC.CCC.COC(=O)CNC(=O)[C@H]1NC(=O)CNC(=O)CNC(=O)C(NC=O)COC/C=C/CO1. The molecule has 56 heavy (non-hydrogen) atoms. The molecule has 19 heteroatoms. The maximum absolute atomic E-state index is 12.4. The number of esters is 1. The molecule has 5 N–H and O–H groups in total. The lowest BCUT2D eigenvalue weighted by Gasteiger charge is -2.30. The molecule has 3 heterocycles. The van der Waals surface area contributed by atoms with Gasteiger partial charge in [-0.25, -0.2) is 4.79 Å². The van der Waals surface area contributed by atoms with Crippen molar-refractivity contribution in [1.82, 2.24) is 36.4 Å². The fraction of sp³-hybridized carbons (Fsp3) is 0.730. The highest BCUT2D eigenvalue weighted by atomic mass is 16.6. The first kappa shape index (κ1) is 51.2. The summed E-state index contributed by atoms with van der Waals surface area (Å²) in [6.45, 7) is 14.7. The molecule has 0 bridgehead atoms. The van der Waals surface area contributed by atoms with Gasteiger partial charge >= 0.3 is 12.1 Å². The first-order valence-corrected chi connectivity index (χ1v) is 19.1. The van der Waals surface area contributed by atoms with Gasteiger partial charge in [0.2, 0.25) is 36.3 Å². The van der Waals surface area contributed by atoms with Crippen LogP contribution in [0.2, 0.25) is 0 Å². The minimum absolute atomic E-state index is 0.0553. The molecule has 2 saturated heterocycles. The van der Waals surface area contributed by atoms with E-state index in [2.05, 4.69) is 59.0 Å². The molecular formula is C37H65N7O12. The highest BCUT2D eigenvalue weighted by Gasteiger charge is 2.39. The molecule has 0 aromatic heterocycles. The summed E-state index contributed by atoms with van der Waals surface area (Å²) in [5, 5.41) is 11.3. The maximum atomic E-state index is 12.4. The zero-order chi connectivity index (χ0) is 42.5. The van der Waals surface area contributed by atoms with Gasteiger partial charge in [0, 0.05) is 19.6 Å². The Morgan fingerprint density at radius 1 is 0.911 bits per heavy atom. The summed E-state index contributed by atoms with van der Waals surface area (Å²) in [4.78, 5) is 97.9. The van der Waals surface area contributed by atoms with Crippen molar-refractivity contribution in [3.05, 3.63) is 12.2 Å². The van der Waals surface area contributed by atoms with Gasteiger partial charge in [-0.1, -0.05) is 52.7 Å². The van der Waals surface area contributed by atoms with Gasteiger partial charge < -0.3 is 50.4 Å². The van der Waals surface area contributed by atoms with Crippen LogP contribution in [0, 0.1) is 0 Å². The third-order valence-corrected chi connectivity index (χ3v) is 7.23. The Labute approximate surface area is 330 Å². The molecule has 7 amide bonds. The van der Waals surface area contributed by atoms with E-state index in [9.17, 15) is 38.4 Å². The summed E-state index contributed by atoms with van der Waals surface area (Å²) >= 11 is 0. The van der Waals surface area contributed by atoms with Crippen LogP contribution in [0.1, 0.15) is 87.0 Å². The number of rotatable bonds is 6. The lowest BCUT2D eigenvalue weighted by atomic mass is 10.2. The van der Waals surface area contributed by atoms with E-state index in [-0.39, 0.29) is 37.9 Å². The Kier molecular flexibility index (Phi) is 27.0. The number of methoxy groups -OCH3 is 1. The average molecular weight is 800 g/mol. The van der Waals surface area contributed by atoms with Crippen LogP contribution in [0.3, 0.4) is 0 Å². The van der Waals surface area contributed by atoms with E-state index in [1.165, 1.54) is 25.0 Å². The van der Waals surface area contributed by atoms with E-state index >= 15 is 0 Å².